The second-order valence-corrected chi connectivity index (χ2v) is 3.56. The van der Waals surface area contributed by atoms with Crippen LogP contribution in [0.2, 0.25) is 0 Å². The van der Waals surface area contributed by atoms with Gasteiger partial charge in [-0.15, -0.1) is 0 Å². The fourth-order valence-corrected chi connectivity index (χ4v) is 1.72. The third-order valence-electron chi connectivity index (χ3n) is 2.55. The Morgan fingerprint density at radius 1 is 1.47 bits per heavy atom. The van der Waals surface area contributed by atoms with Crippen molar-refractivity contribution in [1.29, 1.82) is 5.41 Å². The smallest absolute Gasteiger partial charge is 0.334 e. The van der Waals surface area contributed by atoms with Gasteiger partial charge in [-0.2, -0.15) is 0 Å². The van der Waals surface area contributed by atoms with Gasteiger partial charge in [-0.1, -0.05) is 0 Å². The van der Waals surface area contributed by atoms with Crippen LogP contribution < -0.4 is 10.4 Å². The SMILES string of the molecule is Cn1c(=O)n(C=N)c2ccc(OCCO)cc21. The zero-order valence-electron chi connectivity index (χ0n) is 9.38. The Kier molecular flexibility index (Phi) is 2.97. The lowest BCUT2D eigenvalue weighted by Crippen LogP contribution is -2.21. The van der Waals surface area contributed by atoms with Crippen LogP contribution >= 0.6 is 0 Å². The summed E-state index contributed by atoms with van der Waals surface area (Å²) in [6, 6.07) is 5.14. The number of imidazole rings is 1. The topological polar surface area (TPSA) is 80.2 Å². The number of nitrogens with one attached hydrogen (secondary N) is 1. The number of aliphatic hydroxyl groups is 1. The van der Waals surface area contributed by atoms with Crippen LogP contribution in [0.15, 0.2) is 23.0 Å². The van der Waals surface area contributed by atoms with Crippen molar-refractivity contribution in [1.82, 2.24) is 9.13 Å². The average Bonchev–Trinajstić information content (AvgIpc) is 2.59. The highest BCUT2D eigenvalue weighted by atomic mass is 16.5. The number of aromatic nitrogens is 2. The molecule has 0 amide bonds. The molecule has 0 aliphatic heterocycles. The molecule has 1 aromatic heterocycles. The Morgan fingerprint density at radius 3 is 2.88 bits per heavy atom. The highest BCUT2D eigenvalue weighted by Crippen LogP contribution is 2.19. The molecular formula is C11H13N3O3. The fourth-order valence-electron chi connectivity index (χ4n) is 1.72. The number of fused-ring (bicyclic) bond motifs is 1. The number of ether oxygens (including phenoxy) is 1. The van der Waals surface area contributed by atoms with Crippen molar-refractivity contribution in [3.05, 3.63) is 28.7 Å². The van der Waals surface area contributed by atoms with E-state index in [0.717, 1.165) is 6.34 Å². The predicted octanol–water partition coefficient (Wildman–Crippen LogP) is 0.166. The van der Waals surface area contributed by atoms with E-state index in [1.807, 2.05) is 0 Å². The van der Waals surface area contributed by atoms with Gasteiger partial charge in [-0.3, -0.25) is 14.5 Å². The normalized spacial score (nSPS) is 10.7. The highest BCUT2D eigenvalue weighted by Gasteiger charge is 2.09. The van der Waals surface area contributed by atoms with E-state index in [1.165, 1.54) is 9.13 Å². The Bertz CT molecular complexity index is 612. The summed E-state index contributed by atoms with van der Waals surface area (Å²) in [5, 5.41) is 15.9. The van der Waals surface area contributed by atoms with Gasteiger partial charge in [0.1, 0.15) is 12.4 Å². The minimum absolute atomic E-state index is 0.0571. The molecule has 2 rings (SSSR count). The van der Waals surface area contributed by atoms with E-state index < -0.39 is 0 Å². The van der Waals surface area contributed by atoms with Gasteiger partial charge >= 0.3 is 5.69 Å². The quantitative estimate of drug-likeness (QED) is 0.585. The molecule has 0 aliphatic carbocycles. The molecule has 0 aliphatic rings. The van der Waals surface area contributed by atoms with Gasteiger partial charge in [0.15, 0.2) is 0 Å². The van der Waals surface area contributed by atoms with Crippen molar-refractivity contribution < 1.29 is 9.84 Å². The minimum atomic E-state index is -0.269. The molecule has 0 spiro atoms. The number of aryl methyl sites for hydroxylation is 1. The van der Waals surface area contributed by atoms with Gasteiger partial charge in [-0.25, -0.2) is 4.79 Å². The first kappa shape index (κ1) is 11.4. The van der Waals surface area contributed by atoms with Gasteiger partial charge in [0.05, 0.1) is 24.0 Å². The highest BCUT2D eigenvalue weighted by molar-refractivity contribution is 5.83. The summed E-state index contributed by atoms with van der Waals surface area (Å²) in [4.78, 5) is 11.7. The molecule has 0 fully saturated rings. The first-order valence-corrected chi connectivity index (χ1v) is 5.14. The van der Waals surface area contributed by atoms with Crippen molar-refractivity contribution in [2.45, 2.75) is 0 Å². The number of aliphatic hydroxyl groups excluding tert-OH is 1. The minimum Gasteiger partial charge on any atom is -0.491 e. The molecule has 6 heteroatoms. The van der Waals surface area contributed by atoms with E-state index in [1.54, 1.807) is 25.2 Å². The van der Waals surface area contributed by atoms with Crippen molar-refractivity contribution in [2.24, 2.45) is 7.05 Å². The van der Waals surface area contributed by atoms with Gasteiger partial charge in [-0.05, 0) is 12.1 Å². The number of hydrogen-bond acceptors (Lipinski definition) is 4. The zero-order valence-corrected chi connectivity index (χ0v) is 9.38. The summed E-state index contributed by atoms with van der Waals surface area (Å²) in [6.07, 6.45) is 0.985. The van der Waals surface area contributed by atoms with Crippen LogP contribution in [0.4, 0.5) is 0 Å². The summed E-state index contributed by atoms with van der Waals surface area (Å²) < 4.78 is 7.98. The second kappa shape index (κ2) is 4.42. The van der Waals surface area contributed by atoms with Crippen molar-refractivity contribution in [2.75, 3.05) is 13.2 Å². The van der Waals surface area contributed by atoms with Gasteiger partial charge in [0, 0.05) is 13.1 Å². The van der Waals surface area contributed by atoms with E-state index >= 15 is 0 Å². The first-order chi connectivity index (χ1) is 8.19. The summed E-state index contributed by atoms with van der Waals surface area (Å²) in [5.41, 5.74) is 1.08. The molecule has 2 N–H and O–H groups in total. The van der Waals surface area contributed by atoms with Crippen molar-refractivity contribution >= 4 is 17.4 Å². The summed E-state index contributed by atoms with van der Waals surface area (Å²) in [7, 11) is 1.64. The van der Waals surface area contributed by atoms with Crippen LogP contribution in [-0.2, 0) is 7.05 Å². The van der Waals surface area contributed by atoms with E-state index in [9.17, 15) is 4.79 Å². The lowest BCUT2D eigenvalue weighted by molar-refractivity contribution is 0.201. The van der Waals surface area contributed by atoms with Crippen LogP contribution in [0.1, 0.15) is 0 Å². The number of benzene rings is 1. The molecule has 0 saturated carbocycles. The predicted molar refractivity (Wildman–Crippen MR) is 63.9 cm³/mol. The third-order valence-corrected chi connectivity index (χ3v) is 2.55. The molecule has 1 aromatic carbocycles. The summed E-state index contributed by atoms with van der Waals surface area (Å²) >= 11 is 0. The molecule has 0 saturated heterocycles. The molecule has 2 aromatic rings. The number of hydrogen-bond donors (Lipinski definition) is 2. The monoisotopic (exact) mass is 235 g/mol. The van der Waals surface area contributed by atoms with E-state index in [-0.39, 0.29) is 18.9 Å². The Balaban J connectivity index is 2.58. The summed E-state index contributed by atoms with van der Waals surface area (Å²) in [5.74, 6) is 0.587. The van der Waals surface area contributed by atoms with Crippen LogP contribution in [0.25, 0.3) is 11.0 Å². The molecule has 0 radical (unpaired) electrons. The van der Waals surface area contributed by atoms with Crippen LogP contribution in [0.3, 0.4) is 0 Å². The van der Waals surface area contributed by atoms with Gasteiger partial charge in [0.2, 0.25) is 0 Å². The Morgan fingerprint density at radius 2 is 2.24 bits per heavy atom. The van der Waals surface area contributed by atoms with Crippen LogP contribution in [-0.4, -0.2) is 33.8 Å². The molecule has 0 unspecified atom stereocenters. The zero-order chi connectivity index (χ0) is 12.4. The Hall–Kier alpha value is -2.08. The van der Waals surface area contributed by atoms with Crippen LogP contribution in [0.5, 0.6) is 5.75 Å². The standard InChI is InChI=1S/C11H13N3O3/c1-13-10-6-8(17-5-4-15)2-3-9(10)14(7-12)11(13)16/h2-3,6-7,12,15H,4-5H2,1H3. The largest absolute Gasteiger partial charge is 0.491 e. The number of nitrogens with zero attached hydrogens (tertiary/aromatic N) is 2. The molecule has 0 atom stereocenters. The first-order valence-electron chi connectivity index (χ1n) is 5.14. The van der Waals surface area contributed by atoms with Crippen LogP contribution in [0, 0.1) is 5.41 Å². The lowest BCUT2D eigenvalue weighted by atomic mass is 10.3. The van der Waals surface area contributed by atoms with Crippen molar-refractivity contribution in [3.63, 3.8) is 0 Å². The van der Waals surface area contributed by atoms with E-state index in [0.29, 0.717) is 16.8 Å². The molecule has 90 valence electrons. The number of rotatable bonds is 4. The maximum Gasteiger partial charge on any atom is 0.334 e. The Labute approximate surface area is 97.2 Å². The fraction of sp³-hybridized carbons (Fsp3) is 0.273. The summed E-state index contributed by atoms with van der Waals surface area (Å²) in [6.45, 7) is 0.156. The molecule has 6 nitrogen and oxygen atoms in total. The van der Waals surface area contributed by atoms with E-state index in [2.05, 4.69) is 0 Å². The molecule has 1 heterocycles. The molecular weight excluding hydrogens is 222 g/mol. The maximum atomic E-state index is 11.7. The van der Waals surface area contributed by atoms with Gasteiger partial charge in [0.25, 0.3) is 0 Å². The second-order valence-electron chi connectivity index (χ2n) is 3.56. The lowest BCUT2D eigenvalue weighted by Gasteiger charge is -2.04. The van der Waals surface area contributed by atoms with E-state index in [4.69, 9.17) is 15.3 Å². The average molecular weight is 235 g/mol. The molecule has 0 bridgehead atoms. The molecule has 17 heavy (non-hydrogen) atoms. The van der Waals surface area contributed by atoms with Gasteiger partial charge < -0.3 is 9.84 Å². The van der Waals surface area contributed by atoms with Crippen molar-refractivity contribution in [3.8, 4) is 5.75 Å². The maximum absolute atomic E-state index is 11.7. The third kappa shape index (κ3) is 1.83.